The van der Waals surface area contributed by atoms with Crippen LogP contribution < -0.4 is 10.1 Å². The summed E-state index contributed by atoms with van der Waals surface area (Å²) >= 11 is 13.5. The molecule has 1 aromatic heterocycles. The van der Waals surface area contributed by atoms with E-state index >= 15 is 0 Å². The Morgan fingerprint density at radius 1 is 1.39 bits per heavy atom. The number of ether oxygens (including phenoxy) is 1. The molecule has 3 rings (SSSR count). The first kappa shape index (κ1) is 12.2. The lowest BCUT2D eigenvalue weighted by molar-refractivity contribution is 0.209. The number of anilines is 1. The molecule has 2 aromatic rings. The molecule has 0 saturated carbocycles. The highest BCUT2D eigenvalue weighted by Gasteiger charge is 2.25. The van der Waals surface area contributed by atoms with Gasteiger partial charge < -0.3 is 10.1 Å². The number of aryl methyl sites for hydroxylation is 1. The van der Waals surface area contributed by atoms with Crippen LogP contribution in [0.5, 0.6) is 5.75 Å². The van der Waals surface area contributed by atoms with Gasteiger partial charge in [-0.05, 0) is 24.6 Å². The van der Waals surface area contributed by atoms with Crippen LogP contribution in [0.25, 0.3) is 0 Å². The largest absolute Gasteiger partial charge is 0.481 e. The summed E-state index contributed by atoms with van der Waals surface area (Å²) in [4.78, 5) is 0. The average Bonchev–Trinajstić information content (AvgIpc) is 2.69. The Balaban J connectivity index is 1.95. The first-order chi connectivity index (χ1) is 8.65. The molecule has 0 aliphatic carbocycles. The third-order valence-corrected chi connectivity index (χ3v) is 4.50. The van der Waals surface area contributed by atoms with E-state index in [1.165, 1.54) is 11.3 Å². The molecule has 2 heterocycles. The Morgan fingerprint density at radius 2 is 2.22 bits per heavy atom. The molecule has 0 saturated heterocycles. The van der Waals surface area contributed by atoms with Crippen LogP contribution in [0.4, 0.5) is 5.69 Å². The fourth-order valence-corrected chi connectivity index (χ4v) is 3.64. The molecule has 1 N–H and O–H groups in total. The summed E-state index contributed by atoms with van der Waals surface area (Å²) in [6.45, 7) is 2.73. The van der Waals surface area contributed by atoms with Crippen LogP contribution in [0.3, 0.4) is 0 Å². The van der Waals surface area contributed by atoms with Crippen LogP contribution in [0.15, 0.2) is 24.3 Å². The van der Waals surface area contributed by atoms with Crippen molar-refractivity contribution < 1.29 is 4.74 Å². The van der Waals surface area contributed by atoms with Crippen LogP contribution in [0.1, 0.15) is 17.2 Å². The van der Waals surface area contributed by atoms with Crippen molar-refractivity contribution in [1.29, 1.82) is 0 Å². The number of para-hydroxylation sites is 1. The zero-order chi connectivity index (χ0) is 12.7. The Bertz CT molecular complexity index is 597. The van der Waals surface area contributed by atoms with Gasteiger partial charge in [0.2, 0.25) is 0 Å². The van der Waals surface area contributed by atoms with Gasteiger partial charge in [-0.15, -0.1) is 11.3 Å². The van der Waals surface area contributed by atoms with Gasteiger partial charge in [-0.1, -0.05) is 35.3 Å². The van der Waals surface area contributed by atoms with Crippen molar-refractivity contribution in [3.8, 4) is 5.75 Å². The van der Waals surface area contributed by atoms with E-state index in [0.29, 0.717) is 15.2 Å². The molecule has 1 aliphatic heterocycles. The average molecular weight is 300 g/mol. The van der Waals surface area contributed by atoms with Gasteiger partial charge in [0.15, 0.2) is 0 Å². The number of hydrogen-bond acceptors (Lipinski definition) is 3. The number of fused-ring (bicyclic) bond motifs is 1. The summed E-state index contributed by atoms with van der Waals surface area (Å²) in [7, 11) is 0. The SMILES string of the molecule is Cc1cccc2c1OC(c1cc(Cl)sc1Cl)CN2. The highest BCUT2D eigenvalue weighted by Crippen LogP contribution is 2.41. The first-order valence-corrected chi connectivity index (χ1v) is 7.17. The van der Waals surface area contributed by atoms with E-state index in [0.717, 1.165) is 22.6 Å². The normalized spacial score (nSPS) is 17.8. The lowest BCUT2D eigenvalue weighted by atomic mass is 10.1. The second kappa shape index (κ2) is 4.65. The summed E-state index contributed by atoms with van der Waals surface area (Å²) in [5.41, 5.74) is 3.10. The Kier molecular flexibility index (Phi) is 3.14. The second-order valence-electron chi connectivity index (χ2n) is 4.22. The zero-order valence-electron chi connectivity index (χ0n) is 9.67. The first-order valence-electron chi connectivity index (χ1n) is 5.60. The topological polar surface area (TPSA) is 21.3 Å². The molecule has 0 bridgehead atoms. The highest BCUT2D eigenvalue weighted by molar-refractivity contribution is 7.20. The van der Waals surface area contributed by atoms with Gasteiger partial charge in [-0.25, -0.2) is 0 Å². The smallest absolute Gasteiger partial charge is 0.146 e. The van der Waals surface area contributed by atoms with E-state index in [-0.39, 0.29) is 6.10 Å². The molecular weight excluding hydrogens is 289 g/mol. The molecule has 94 valence electrons. The van der Waals surface area contributed by atoms with Gasteiger partial charge in [0.25, 0.3) is 0 Å². The molecule has 1 unspecified atom stereocenters. The van der Waals surface area contributed by atoms with Crippen molar-refractivity contribution in [1.82, 2.24) is 0 Å². The maximum Gasteiger partial charge on any atom is 0.146 e. The number of hydrogen-bond donors (Lipinski definition) is 1. The van der Waals surface area contributed by atoms with Gasteiger partial charge in [0, 0.05) is 5.56 Å². The Morgan fingerprint density at radius 3 is 2.94 bits per heavy atom. The van der Waals surface area contributed by atoms with Gasteiger partial charge >= 0.3 is 0 Å². The van der Waals surface area contributed by atoms with Crippen LogP contribution in [0, 0.1) is 6.92 Å². The lowest BCUT2D eigenvalue weighted by Gasteiger charge is -2.28. The van der Waals surface area contributed by atoms with E-state index in [4.69, 9.17) is 27.9 Å². The molecule has 2 nitrogen and oxygen atoms in total. The quantitative estimate of drug-likeness (QED) is 0.808. The number of thiophene rings is 1. The fraction of sp³-hybridized carbons (Fsp3) is 0.231. The molecule has 0 amide bonds. The van der Waals surface area contributed by atoms with Crippen molar-refractivity contribution in [2.24, 2.45) is 0 Å². The van der Waals surface area contributed by atoms with Gasteiger partial charge in [-0.2, -0.15) is 0 Å². The molecule has 0 fully saturated rings. The maximum atomic E-state index is 6.17. The minimum absolute atomic E-state index is 0.0881. The number of benzene rings is 1. The number of rotatable bonds is 1. The number of halogens is 2. The predicted octanol–water partition coefficient (Wildman–Crippen LogP) is 4.91. The summed E-state index contributed by atoms with van der Waals surface area (Å²) < 4.78 is 7.43. The molecular formula is C13H11Cl2NOS. The Labute approximate surface area is 119 Å². The predicted molar refractivity (Wildman–Crippen MR) is 77.4 cm³/mol. The molecule has 0 spiro atoms. The maximum absolute atomic E-state index is 6.17. The van der Waals surface area contributed by atoms with E-state index < -0.39 is 0 Å². The highest BCUT2D eigenvalue weighted by atomic mass is 35.5. The molecule has 1 aliphatic rings. The van der Waals surface area contributed by atoms with Crippen molar-refractivity contribution in [2.45, 2.75) is 13.0 Å². The second-order valence-corrected chi connectivity index (χ2v) is 6.50. The molecule has 1 atom stereocenters. The summed E-state index contributed by atoms with van der Waals surface area (Å²) in [5, 5.41) is 3.37. The summed E-state index contributed by atoms with van der Waals surface area (Å²) in [5.74, 6) is 0.895. The van der Waals surface area contributed by atoms with Crippen molar-refractivity contribution in [3.05, 3.63) is 44.1 Å². The van der Waals surface area contributed by atoms with E-state index in [1.54, 1.807) is 0 Å². The van der Waals surface area contributed by atoms with Crippen molar-refractivity contribution in [2.75, 3.05) is 11.9 Å². The monoisotopic (exact) mass is 299 g/mol. The fourth-order valence-electron chi connectivity index (χ4n) is 2.08. The van der Waals surface area contributed by atoms with Gasteiger partial charge in [0.1, 0.15) is 16.2 Å². The minimum Gasteiger partial charge on any atom is -0.481 e. The van der Waals surface area contributed by atoms with Crippen LogP contribution in [0.2, 0.25) is 8.67 Å². The zero-order valence-corrected chi connectivity index (χ0v) is 12.0. The minimum atomic E-state index is -0.0881. The van der Waals surface area contributed by atoms with E-state index in [9.17, 15) is 0 Å². The van der Waals surface area contributed by atoms with E-state index in [1.807, 2.05) is 31.2 Å². The molecule has 0 radical (unpaired) electrons. The molecule has 5 heteroatoms. The number of nitrogens with one attached hydrogen (secondary N) is 1. The standard InChI is InChI=1S/C13H11Cl2NOS/c1-7-3-2-4-9-12(7)17-10(6-16-9)8-5-11(14)18-13(8)15/h2-5,10,16H,6H2,1H3. The van der Waals surface area contributed by atoms with Gasteiger partial charge in [-0.3, -0.25) is 0 Å². The molecule has 1 aromatic carbocycles. The third kappa shape index (κ3) is 2.07. The van der Waals surface area contributed by atoms with Crippen LogP contribution >= 0.6 is 34.5 Å². The Hall–Kier alpha value is -0.900. The van der Waals surface area contributed by atoms with Crippen LogP contribution in [-0.4, -0.2) is 6.54 Å². The third-order valence-electron chi connectivity index (χ3n) is 2.98. The summed E-state index contributed by atoms with van der Waals surface area (Å²) in [6.07, 6.45) is -0.0881. The molecule has 18 heavy (non-hydrogen) atoms. The van der Waals surface area contributed by atoms with Crippen LogP contribution in [-0.2, 0) is 0 Å². The van der Waals surface area contributed by atoms with Crippen molar-refractivity contribution >= 4 is 40.2 Å². The lowest BCUT2D eigenvalue weighted by Crippen LogP contribution is -2.23. The summed E-state index contributed by atoms with van der Waals surface area (Å²) in [6, 6.07) is 7.94. The van der Waals surface area contributed by atoms with Crippen molar-refractivity contribution in [3.63, 3.8) is 0 Å². The van der Waals surface area contributed by atoms with Gasteiger partial charge in [0.05, 0.1) is 16.6 Å². The van der Waals surface area contributed by atoms with E-state index in [2.05, 4.69) is 5.32 Å².